The fraction of sp³-hybridized carbons (Fsp3) is 0.667. The molecular weight excluding hydrogens is 346 g/mol. The van der Waals surface area contributed by atoms with Crippen LogP contribution < -0.4 is 10.9 Å². The van der Waals surface area contributed by atoms with Gasteiger partial charge in [-0.05, 0) is 35.2 Å². The van der Waals surface area contributed by atoms with E-state index in [2.05, 4.69) is 26.3 Å². The second-order valence-electron chi connectivity index (χ2n) is 5.26. The summed E-state index contributed by atoms with van der Waals surface area (Å²) < 4.78 is 25.0. The molecule has 1 N–H and O–H groups in total. The molecule has 0 amide bonds. The van der Waals surface area contributed by atoms with Crippen LogP contribution in [0.1, 0.15) is 25.7 Å². The van der Waals surface area contributed by atoms with Crippen molar-refractivity contribution in [1.82, 2.24) is 9.78 Å². The van der Waals surface area contributed by atoms with E-state index >= 15 is 0 Å². The number of aromatic nitrogens is 2. The summed E-state index contributed by atoms with van der Waals surface area (Å²) in [6, 6.07) is 0.0497. The van der Waals surface area contributed by atoms with Gasteiger partial charge in [-0.25, -0.2) is 13.1 Å². The number of rotatable bonds is 3. The Morgan fingerprint density at radius 3 is 2.80 bits per heavy atom. The van der Waals surface area contributed by atoms with E-state index in [0.717, 1.165) is 12.8 Å². The number of nitrogens with one attached hydrogen (secondary N) is 1. The van der Waals surface area contributed by atoms with Crippen LogP contribution in [0.5, 0.6) is 0 Å². The minimum atomic E-state index is -3.01. The first-order chi connectivity index (χ1) is 9.29. The molecule has 1 heterocycles. The number of halogens is 1. The molecule has 6 nitrogen and oxygen atoms in total. The van der Waals surface area contributed by atoms with Crippen molar-refractivity contribution in [2.45, 2.75) is 37.0 Å². The van der Waals surface area contributed by atoms with Crippen LogP contribution >= 0.6 is 15.9 Å². The first-order valence-electron chi connectivity index (χ1n) is 6.46. The van der Waals surface area contributed by atoms with Crippen LogP contribution in [0.4, 0.5) is 5.69 Å². The third-order valence-corrected chi connectivity index (χ3v) is 6.07. The summed E-state index contributed by atoms with van der Waals surface area (Å²) in [6.45, 7) is 0. The standard InChI is InChI=1S/C12H18BrN3O3S/c1-16-12(17)11(13)10(7-14-16)15-8-4-3-5-9(6-8)20(2,18)19/h7-9,15H,3-6H2,1-2H3. The Morgan fingerprint density at radius 1 is 1.45 bits per heavy atom. The normalized spacial score (nSPS) is 23.6. The van der Waals surface area contributed by atoms with Gasteiger partial charge in [-0.1, -0.05) is 6.42 Å². The smallest absolute Gasteiger partial charge is 0.282 e. The van der Waals surface area contributed by atoms with Crippen LogP contribution in [0.15, 0.2) is 15.5 Å². The van der Waals surface area contributed by atoms with Crippen molar-refractivity contribution in [2.75, 3.05) is 11.6 Å². The molecule has 1 fully saturated rings. The second kappa shape index (κ2) is 5.85. The lowest BCUT2D eigenvalue weighted by Gasteiger charge is -2.29. The van der Waals surface area contributed by atoms with Gasteiger partial charge in [-0.3, -0.25) is 4.79 Å². The molecule has 2 unspecified atom stereocenters. The number of nitrogens with zero attached hydrogens (tertiary/aromatic N) is 2. The number of sulfone groups is 1. The lowest BCUT2D eigenvalue weighted by molar-refractivity contribution is 0.452. The molecule has 2 atom stereocenters. The van der Waals surface area contributed by atoms with Gasteiger partial charge in [0.15, 0.2) is 0 Å². The van der Waals surface area contributed by atoms with Gasteiger partial charge >= 0.3 is 0 Å². The molecule has 0 saturated heterocycles. The Balaban J connectivity index is 2.15. The van der Waals surface area contributed by atoms with Crippen LogP contribution in [0.25, 0.3) is 0 Å². The van der Waals surface area contributed by atoms with Gasteiger partial charge in [-0.2, -0.15) is 5.10 Å². The summed E-state index contributed by atoms with van der Waals surface area (Å²) in [5, 5.41) is 6.90. The van der Waals surface area contributed by atoms with Crippen molar-refractivity contribution in [1.29, 1.82) is 0 Å². The molecule has 0 bridgehead atoms. The Bertz CT molecular complexity index is 656. The van der Waals surface area contributed by atoms with Crippen LogP contribution in [0.3, 0.4) is 0 Å². The molecule has 1 aliphatic carbocycles. The molecular formula is C12H18BrN3O3S. The largest absolute Gasteiger partial charge is 0.380 e. The first-order valence-corrected chi connectivity index (χ1v) is 9.21. The van der Waals surface area contributed by atoms with Crippen molar-refractivity contribution in [3.05, 3.63) is 21.0 Å². The highest BCUT2D eigenvalue weighted by atomic mass is 79.9. The van der Waals surface area contributed by atoms with Crippen molar-refractivity contribution in [3.8, 4) is 0 Å². The van der Waals surface area contributed by atoms with Gasteiger partial charge in [-0.15, -0.1) is 0 Å². The molecule has 1 aliphatic rings. The summed E-state index contributed by atoms with van der Waals surface area (Å²) in [6.07, 6.45) is 5.91. The summed E-state index contributed by atoms with van der Waals surface area (Å²) in [5.74, 6) is 0. The zero-order valence-electron chi connectivity index (χ0n) is 11.5. The number of aryl methyl sites for hydroxylation is 1. The monoisotopic (exact) mass is 363 g/mol. The number of hydrogen-bond donors (Lipinski definition) is 1. The maximum atomic E-state index is 11.8. The molecule has 8 heteroatoms. The Morgan fingerprint density at radius 2 is 2.15 bits per heavy atom. The maximum Gasteiger partial charge on any atom is 0.282 e. The molecule has 0 radical (unpaired) electrons. The van der Waals surface area contributed by atoms with Crippen molar-refractivity contribution in [3.63, 3.8) is 0 Å². The third kappa shape index (κ3) is 3.41. The minimum absolute atomic E-state index is 0.0497. The highest BCUT2D eigenvalue weighted by molar-refractivity contribution is 9.10. The highest BCUT2D eigenvalue weighted by Gasteiger charge is 2.29. The molecule has 0 spiro atoms. The Kier molecular flexibility index (Phi) is 4.53. The average molecular weight is 364 g/mol. The average Bonchev–Trinajstić information content (AvgIpc) is 2.39. The van der Waals surface area contributed by atoms with Crippen molar-refractivity contribution in [2.24, 2.45) is 7.05 Å². The van der Waals surface area contributed by atoms with Crippen molar-refractivity contribution >= 4 is 31.5 Å². The molecule has 112 valence electrons. The summed E-state index contributed by atoms with van der Waals surface area (Å²) >= 11 is 3.26. The summed E-state index contributed by atoms with van der Waals surface area (Å²) in [7, 11) is -1.43. The van der Waals surface area contributed by atoms with Gasteiger partial charge in [0.2, 0.25) is 0 Å². The van der Waals surface area contributed by atoms with Gasteiger partial charge in [0, 0.05) is 19.3 Å². The van der Waals surface area contributed by atoms with E-state index in [0.29, 0.717) is 23.0 Å². The predicted molar refractivity (Wildman–Crippen MR) is 81.7 cm³/mol. The third-order valence-electron chi connectivity index (χ3n) is 3.67. The first kappa shape index (κ1) is 15.5. The lowest BCUT2D eigenvalue weighted by atomic mass is 9.95. The summed E-state index contributed by atoms with van der Waals surface area (Å²) in [5.41, 5.74) is 0.401. The fourth-order valence-corrected chi connectivity index (χ4v) is 4.15. The lowest BCUT2D eigenvalue weighted by Crippen LogP contribution is -2.35. The van der Waals surface area contributed by atoms with E-state index in [9.17, 15) is 13.2 Å². The fourth-order valence-electron chi connectivity index (χ4n) is 2.50. The topological polar surface area (TPSA) is 81.1 Å². The SMILES string of the molecule is Cn1ncc(NC2CCCC(S(C)(=O)=O)C2)c(Br)c1=O. The van der Waals surface area contributed by atoms with Crippen LogP contribution in [-0.4, -0.2) is 35.7 Å². The van der Waals surface area contributed by atoms with E-state index in [-0.39, 0.29) is 16.9 Å². The van der Waals surface area contributed by atoms with Crippen LogP contribution in [-0.2, 0) is 16.9 Å². The van der Waals surface area contributed by atoms with E-state index in [1.165, 1.54) is 10.9 Å². The van der Waals surface area contributed by atoms with Crippen molar-refractivity contribution < 1.29 is 8.42 Å². The highest BCUT2D eigenvalue weighted by Crippen LogP contribution is 2.27. The van der Waals surface area contributed by atoms with Gasteiger partial charge in [0.1, 0.15) is 14.3 Å². The molecule has 1 aromatic rings. The summed E-state index contributed by atoms with van der Waals surface area (Å²) in [4.78, 5) is 11.8. The molecule has 2 rings (SSSR count). The Hall–Kier alpha value is -0.890. The van der Waals surface area contributed by atoms with Crippen LogP contribution in [0.2, 0.25) is 0 Å². The van der Waals surface area contributed by atoms with Gasteiger partial charge in [0.05, 0.1) is 17.1 Å². The Labute approximate surface area is 126 Å². The predicted octanol–water partition coefficient (Wildman–Crippen LogP) is 1.31. The quantitative estimate of drug-likeness (QED) is 0.875. The zero-order valence-corrected chi connectivity index (χ0v) is 13.9. The van der Waals surface area contributed by atoms with E-state index in [1.54, 1.807) is 13.2 Å². The molecule has 1 aromatic heterocycles. The van der Waals surface area contributed by atoms with E-state index in [1.807, 2.05) is 0 Å². The van der Waals surface area contributed by atoms with Crippen LogP contribution in [0, 0.1) is 0 Å². The van der Waals surface area contributed by atoms with Gasteiger partial charge < -0.3 is 5.32 Å². The molecule has 1 saturated carbocycles. The van der Waals surface area contributed by atoms with E-state index < -0.39 is 9.84 Å². The maximum absolute atomic E-state index is 11.8. The molecule has 20 heavy (non-hydrogen) atoms. The number of anilines is 1. The minimum Gasteiger partial charge on any atom is -0.380 e. The number of hydrogen-bond acceptors (Lipinski definition) is 5. The molecule has 0 aromatic carbocycles. The molecule has 0 aliphatic heterocycles. The van der Waals surface area contributed by atoms with Gasteiger partial charge in [0.25, 0.3) is 5.56 Å². The second-order valence-corrected chi connectivity index (χ2v) is 8.38. The van der Waals surface area contributed by atoms with E-state index in [4.69, 9.17) is 0 Å². The zero-order chi connectivity index (χ0) is 14.9.